The lowest BCUT2D eigenvalue weighted by atomic mass is 10.1. The summed E-state index contributed by atoms with van der Waals surface area (Å²) in [4.78, 5) is 0. The van der Waals surface area contributed by atoms with Gasteiger partial charge in [-0.2, -0.15) is 0 Å². The Bertz CT molecular complexity index is 386. The van der Waals surface area contributed by atoms with Crippen LogP contribution in [0, 0.1) is 0 Å². The summed E-state index contributed by atoms with van der Waals surface area (Å²) in [6, 6.07) is 0. The quantitative estimate of drug-likeness (QED) is 0.868. The fourth-order valence-electron chi connectivity index (χ4n) is 2.39. The molecule has 0 aliphatic carbocycles. The summed E-state index contributed by atoms with van der Waals surface area (Å²) in [7, 11) is 0. The SMILES string of the molecule is CCCc1c(N)nnn1CC1CCC(C)(C)O1. The molecular formula is C12H22N4O. The molecule has 1 aliphatic rings. The van der Waals surface area contributed by atoms with Gasteiger partial charge in [0, 0.05) is 0 Å². The van der Waals surface area contributed by atoms with Crippen molar-refractivity contribution in [3.63, 3.8) is 0 Å². The van der Waals surface area contributed by atoms with Gasteiger partial charge >= 0.3 is 0 Å². The van der Waals surface area contributed by atoms with Crippen molar-refractivity contribution in [1.29, 1.82) is 0 Å². The van der Waals surface area contributed by atoms with Crippen LogP contribution in [0.15, 0.2) is 0 Å². The zero-order chi connectivity index (χ0) is 12.5. The molecule has 1 saturated heterocycles. The molecule has 1 aromatic heterocycles. The van der Waals surface area contributed by atoms with Crippen LogP contribution in [0.1, 0.15) is 45.7 Å². The Morgan fingerprint density at radius 1 is 1.53 bits per heavy atom. The van der Waals surface area contributed by atoms with Gasteiger partial charge in [0.05, 0.1) is 23.9 Å². The highest BCUT2D eigenvalue weighted by molar-refractivity contribution is 5.32. The van der Waals surface area contributed by atoms with Gasteiger partial charge in [-0.15, -0.1) is 5.10 Å². The Labute approximate surface area is 102 Å². The number of ether oxygens (including phenoxy) is 1. The van der Waals surface area contributed by atoms with Crippen molar-refractivity contribution >= 4 is 5.82 Å². The number of aromatic nitrogens is 3. The molecule has 17 heavy (non-hydrogen) atoms. The number of nitrogens with two attached hydrogens (primary N) is 1. The molecule has 96 valence electrons. The molecule has 5 heteroatoms. The summed E-state index contributed by atoms with van der Waals surface area (Å²) in [6.07, 6.45) is 4.40. The van der Waals surface area contributed by atoms with Crippen molar-refractivity contribution < 1.29 is 4.74 Å². The maximum absolute atomic E-state index is 5.97. The lowest BCUT2D eigenvalue weighted by molar-refractivity contribution is -0.0234. The van der Waals surface area contributed by atoms with Crippen molar-refractivity contribution in [2.45, 2.75) is 64.7 Å². The molecular weight excluding hydrogens is 216 g/mol. The molecule has 1 fully saturated rings. The first-order chi connectivity index (χ1) is 8.02. The lowest BCUT2D eigenvalue weighted by Gasteiger charge is -2.19. The van der Waals surface area contributed by atoms with Crippen LogP contribution < -0.4 is 5.73 Å². The fourth-order valence-corrected chi connectivity index (χ4v) is 2.39. The Morgan fingerprint density at radius 3 is 2.88 bits per heavy atom. The smallest absolute Gasteiger partial charge is 0.169 e. The zero-order valence-corrected chi connectivity index (χ0v) is 10.9. The van der Waals surface area contributed by atoms with Crippen LogP contribution in [0.3, 0.4) is 0 Å². The van der Waals surface area contributed by atoms with Crippen LogP contribution in [0.5, 0.6) is 0 Å². The Balaban J connectivity index is 2.04. The number of nitrogens with zero attached hydrogens (tertiary/aromatic N) is 3. The van der Waals surface area contributed by atoms with E-state index in [1.54, 1.807) is 0 Å². The van der Waals surface area contributed by atoms with E-state index < -0.39 is 0 Å². The molecule has 0 aromatic carbocycles. The van der Waals surface area contributed by atoms with Gasteiger partial charge < -0.3 is 10.5 Å². The van der Waals surface area contributed by atoms with E-state index in [-0.39, 0.29) is 11.7 Å². The monoisotopic (exact) mass is 238 g/mol. The first kappa shape index (κ1) is 12.4. The van der Waals surface area contributed by atoms with Crippen LogP contribution in [-0.4, -0.2) is 26.7 Å². The van der Waals surface area contributed by atoms with Crippen LogP contribution in [-0.2, 0) is 17.7 Å². The maximum Gasteiger partial charge on any atom is 0.169 e. The van der Waals surface area contributed by atoms with Gasteiger partial charge in [0.15, 0.2) is 5.82 Å². The van der Waals surface area contributed by atoms with Gasteiger partial charge in [-0.25, -0.2) is 4.68 Å². The van der Waals surface area contributed by atoms with Crippen molar-refractivity contribution in [3.05, 3.63) is 5.69 Å². The summed E-state index contributed by atoms with van der Waals surface area (Å²) in [5.41, 5.74) is 6.86. The van der Waals surface area contributed by atoms with E-state index in [9.17, 15) is 0 Å². The molecule has 0 amide bonds. The van der Waals surface area contributed by atoms with Gasteiger partial charge in [0.2, 0.25) is 0 Å². The van der Waals surface area contributed by atoms with E-state index in [2.05, 4.69) is 31.1 Å². The summed E-state index contributed by atoms with van der Waals surface area (Å²) in [5.74, 6) is 0.559. The highest BCUT2D eigenvalue weighted by Gasteiger charge is 2.32. The number of anilines is 1. The van der Waals surface area contributed by atoms with Gasteiger partial charge in [-0.05, 0) is 33.1 Å². The van der Waals surface area contributed by atoms with E-state index in [1.165, 1.54) is 0 Å². The standard InChI is InChI=1S/C12H22N4O/c1-4-5-10-11(13)14-15-16(10)8-9-6-7-12(2,3)17-9/h9H,4-8,13H2,1-3H3. The van der Waals surface area contributed by atoms with Crippen LogP contribution >= 0.6 is 0 Å². The Morgan fingerprint density at radius 2 is 2.29 bits per heavy atom. The van der Waals surface area contributed by atoms with Crippen molar-refractivity contribution in [1.82, 2.24) is 15.0 Å². The average Bonchev–Trinajstić information content (AvgIpc) is 2.75. The number of hydrogen-bond donors (Lipinski definition) is 1. The normalized spacial score (nSPS) is 23.1. The third-order valence-electron chi connectivity index (χ3n) is 3.29. The van der Waals surface area contributed by atoms with E-state index in [1.807, 2.05) is 4.68 Å². The second-order valence-corrected chi connectivity index (χ2v) is 5.39. The number of hydrogen-bond acceptors (Lipinski definition) is 4. The molecule has 0 spiro atoms. The van der Waals surface area contributed by atoms with E-state index >= 15 is 0 Å². The van der Waals surface area contributed by atoms with Gasteiger partial charge in [-0.3, -0.25) is 0 Å². The predicted octanol–water partition coefficient (Wildman–Crippen LogP) is 1.77. The van der Waals surface area contributed by atoms with E-state index in [4.69, 9.17) is 10.5 Å². The summed E-state index contributed by atoms with van der Waals surface area (Å²) >= 11 is 0. The average molecular weight is 238 g/mol. The Kier molecular flexibility index (Phi) is 3.38. The van der Waals surface area contributed by atoms with Crippen LogP contribution in [0.25, 0.3) is 0 Å². The number of rotatable bonds is 4. The molecule has 1 atom stereocenters. The minimum atomic E-state index is 0.00170. The minimum Gasteiger partial charge on any atom is -0.381 e. The summed E-state index contributed by atoms with van der Waals surface area (Å²) < 4.78 is 7.87. The third-order valence-corrected chi connectivity index (χ3v) is 3.29. The molecule has 2 heterocycles. The third kappa shape index (κ3) is 2.77. The van der Waals surface area contributed by atoms with Gasteiger partial charge in [-0.1, -0.05) is 18.6 Å². The maximum atomic E-state index is 5.97. The minimum absolute atomic E-state index is 0.00170. The number of nitrogen functional groups attached to an aromatic ring is 1. The first-order valence-electron chi connectivity index (χ1n) is 6.37. The van der Waals surface area contributed by atoms with Crippen LogP contribution in [0.4, 0.5) is 5.82 Å². The molecule has 1 unspecified atom stereocenters. The molecule has 2 rings (SSSR count). The molecule has 0 saturated carbocycles. The van der Waals surface area contributed by atoms with Crippen LogP contribution in [0.2, 0.25) is 0 Å². The zero-order valence-electron chi connectivity index (χ0n) is 10.9. The summed E-state index contributed by atoms with van der Waals surface area (Å²) in [6.45, 7) is 7.17. The van der Waals surface area contributed by atoms with E-state index in [0.29, 0.717) is 5.82 Å². The molecule has 0 radical (unpaired) electrons. The van der Waals surface area contributed by atoms with Gasteiger partial charge in [0.25, 0.3) is 0 Å². The topological polar surface area (TPSA) is 66.0 Å². The molecule has 2 N–H and O–H groups in total. The van der Waals surface area contributed by atoms with Gasteiger partial charge in [0.1, 0.15) is 0 Å². The predicted molar refractivity (Wildman–Crippen MR) is 66.6 cm³/mol. The fraction of sp³-hybridized carbons (Fsp3) is 0.833. The van der Waals surface area contributed by atoms with E-state index in [0.717, 1.165) is 37.9 Å². The molecule has 1 aromatic rings. The highest BCUT2D eigenvalue weighted by atomic mass is 16.5. The highest BCUT2D eigenvalue weighted by Crippen LogP contribution is 2.30. The van der Waals surface area contributed by atoms with Crippen molar-refractivity contribution in [2.75, 3.05) is 5.73 Å². The van der Waals surface area contributed by atoms with Crippen molar-refractivity contribution in [3.8, 4) is 0 Å². The molecule has 5 nitrogen and oxygen atoms in total. The second-order valence-electron chi connectivity index (χ2n) is 5.39. The molecule has 1 aliphatic heterocycles. The molecule has 0 bridgehead atoms. The lowest BCUT2D eigenvalue weighted by Crippen LogP contribution is -2.24. The summed E-state index contributed by atoms with van der Waals surface area (Å²) in [5, 5.41) is 8.06. The Hall–Kier alpha value is -1.10. The second kappa shape index (κ2) is 4.64. The van der Waals surface area contributed by atoms with Crippen molar-refractivity contribution in [2.24, 2.45) is 0 Å². The first-order valence-corrected chi connectivity index (χ1v) is 6.37. The largest absolute Gasteiger partial charge is 0.381 e.